The number of hydrogen-bond donors (Lipinski definition) is 2. The Hall–Kier alpha value is -1.00. The monoisotopic (exact) mass is 290 g/mol. The van der Waals surface area contributed by atoms with E-state index in [-0.39, 0.29) is 11.9 Å². The van der Waals surface area contributed by atoms with E-state index in [2.05, 4.69) is 41.2 Å². The van der Waals surface area contributed by atoms with Gasteiger partial charge in [0.05, 0.1) is 6.04 Å². The Morgan fingerprint density at radius 1 is 1.40 bits per heavy atom. The van der Waals surface area contributed by atoms with Gasteiger partial charge in [-0.3, -0.25) is 4.79 Å². The molecular formula is C16H22N2OS. The number of rotatable bonds is 4. The summed E-state index contributed by atoms with van der Waals surface area (Å²) in [6.45, 7) is 1.61. The van der Waals surface area contributed by atoms with Gasteiger partial charge in [0.25, 0.3) is 0 Å². The third kappa shape index (κ3) is 2.72. The number of carbonyl (C=O) groups is 1. The number of amides is 1. The lowest BCUT2D eigenvalue weighted by Gasteiger charge is -2.40. The third-order valence-corrected chi connectivity index (χ3v) is 6.10. The molecule has 2 aliphatic rings. The van der Waals surface area contributed by atoms with Gasteiger partial charge in [-0.15, -0.1) is 0 Å². The van der Waals surface area contributed by atoms with E-state index in [1.165, 1.54) is 30.4 Å². The molecule has 1 atom stereocenters. The van der Waals surface area contributed by atoms with Crippen LogP contribution in [-0.2, 0) is 17.8 Å². The maximum absolute atomic E-state index is 12.3. The van der Waals surface area contributed by atoms with Gasteiger partial charge >= 0.3 is 0 Å². The summed E-state index contributed by atoms with van der Waals surface area (Å²) in [7, 11) is 0. The van der Waals surface area contributed by atoms with Crippen LogP contribution in [0.15, 0.2) is 24.3 Å². The number of fused-ring (bicyclic) bond motifs is 1. The van der Waals surface area contributed by atoms with Gasteiger partial charge in [-0.25, -0.2) is 0 Å². The van der Waals surface area contributed by atoms with E-state index in [9.17, 15) is 4.79 Å². The zero-order valence-electron chi connectivity index (χ0n) is 11.9. The standard InChI is InChI=1S/C16H22N2OS/c1-20-16(7-4-8-16)11-18-15(19)14-9-12-5-2-3-6-13(12)10-17-14/h2-3,5-6,14,17H,4,7-11H2,1H3,(H,18,19)/t14-/m1/s1. The van der Waals surface area contributed by atoms with Crippen LogP contribution in [-0.4, -0.2) is 29.5 Å². The first-order valence-electron chi connectivity index (χ1n) is 7.35. The molecule has 1 aliphatic heterocycles. The second kappa shape index (κ2) is 5.78. The highest BCUT2D eigenvalue weighted by Gasteiger charge is 2.37. The molecule has 4 heteroatoms. The zero-order chi connectivity index (χ0) is 14.0. The van der Waals surface area contributed by atoms with E-state index in [1.807, 2.05) is 11.8 Å². The van der Waals surface area contributed by atoms with Crippen molar-refractivity contribution in [2.45, 2.75) is 43.0 Å². The second-order valence-corrected chi connectivity index (χ2v) is 7.14. The van der Waals surface area contributed by atoms with Crippen LogP contribution in [0.1, 0.15) is 30.4 Å². The van der Waals surface area contributed by atoms with Gasteiger partial charge in [0.2, 0.25) is 5.91 Å². The van der Waals surface area contributed by atoms with Crippen LogP contribution in [0.25, 0.3) is 0 Å². The van der Waals surface area contributed by atoms with Crippen molar-refractivity contribution in [2.24, 2.45) is 0 Å². The molecule has 1 aromatic carbocycles. The highest BCUT2D eigenvalue weighted by atomic mass is 32.2. The van der Waals surface area contributed by atoms with Crippen molar-refractivity contribution in [1.29, 1.82) is 0 Å². The summed E-state index contributed by atoms with van der Waals surface area (Å²) in [5.41, 5.74) is 2.62. The van der Waals surface area contributed by atoms with E-state index in [1.54, 1.807) is 0 Å². The second-order valence-electron chi connectivity index (χ2n) is 5.86. The molecule has 1 amide bonds. The average Bonchev–Trinajstić information content (AvgIpc) is 2.46. The summed E-state index contributed by atoms with van der Waals surface area (Å²) in [5, 5.41) is 6.50. The largest absolute Gasteiger partial charge is 0.353 e. The van der Waals surface area contributed by atoms with Crippen LogP contribution in [0.3, 0.4) is 0 Å². The van der Waals surface area contributed by atoms with Crippen molar-refractivity contribution in [3.05, 3.63) is 35.4 Å². The van der Waals surface area contributed by atoms with Crippen LogP contribution in [0.5, 0.6) is 0 Å². The molecule has 0 unspecified atom stereocenters. The Morgan fingerprint density at radius 3 is 2.80 bits per heavy atom. The highest BCUT2D eigenvalue weighted by Crippen LogP contribution is 2.42. The fourth-order valence-corrected chi connectivity index (χ4v) is 3.95. The molecule has 1 saturated carbocycles. The van der Waals surface area contributed by atoms with Gasteiger partial charge in [-0.05, 0) is 36.6 Å². The van der Waals surface area contributed by atoms with Crippen molar-refractivity contribution < 1.29 is 4.79 Å². The molecule has 2 N–H and O–H groups in total. The SMILES string of the molecule is CSC1(CNC(=O)[C@H]2Cc3ccccc3CN2)CCC1. The minimum Gasteiger partial charge on any atom is -0.353 e. The lowest BCUT2D eigenvalue weighted by Crippen LogP contribution is -2.52. The Morgan fingerprint density at radius 2 is 2.15 bits per heavy atom. The van der Waals surface area contributed by atoms with Crippen molar-refractivity contribution in [3.63, 3.8) is 0 Å². The third-order valence-electron chi connectivity index (χ3n) is 4.68. The summed E-state index contributed by atoms with van der Waals surface area (Å²) >= 11 is 1.90. The molecule has 1 heterocycles. The van der Waals surface area contributed by atoms with Gasteiger partial charge in [-0.2, -0.15) is 11.8 Å². The molecule has 1 fully saturated rings. The molecule has 3 rings (SSSR count). The van der Waals surface area contributed by atoms with Crippen molar-refractivity contribution in [1.82, 2.24) is 10.6 Å². The molecular weight excluding hydrogens is 268 g/mol. The molecule has 1 aliphatic carbocycles. The van der Waals surface area contributed by atoms with Crippen molar-refractivity contribution in [2.75, 3.05) is 12.8 Å². The number of hydrogen-bond acceptors (Lipinski definition) is 3. The first-order chi connectivity index (χ1) is 9.72. The molecule has 1 aromatic rings. The molecule has 20 heavy (non-hydrogen) atoms. The molecule has 0 bridgehead atoms. The average molecular weight is 290 g/mol. The summed E-state index contributed by atoms with van der Waals surface area (Å²) in [6.07, 6.45) is 6.71. The first-order valence-corrected chi connectivity index (χ1v) is 8.58. The Balaban J connectivity index is 1.56. The number of nitrogens with one attached hydrogen (secondary N) is 2. The van der Waals surface area contributed by atoms with Gasteiger partial charge in [0, 0.05) is 17.8 Å². The Bertz CT molecular complexity index is 493. The summed E-state index contributed by atoms with van der Waals surface area (Å²) in [6, 6.07) is 8.29. The Kier molecular flexibility index (Phi) is 4.03. The number of carbonyl (C=O) groups excluding carboxylic acids is 1. The van der Waals surface area contributed by atoms with Gasteiger partial charge in [0.15, 0.2) is 0 Å². The van der Waals surface area contributed by atoms with E-state index in [0.717, 1.165) is 19.5 Å². The number of thioether (sulfide) groups is 1. The van der Waals surface area contributed by atoms with E-state index in [4.69, 9.17) is 0 Å². The van der Waals surface area contributed by atoms with Crippen LogP contribution in [0, 0.1) is 0 Å². The van der Waals surface area contributed by atoms with Crippen LogP contribution < -0.4 is 10.6 Å². The maximum Gasteiger partial charge on any atom is 0.237 e. The molecule has 0 spiro atoms. The smallest absolute Gasteiger partial charge is 0.237 e. The van der Waals surface area contributed by atoms with Crippen LogP contribution >= 0.6 is 11.8 Å². The molecule has 3 nitrogen and oxygen atoms in total. The first kappa shape index (κ1) is 14.0. The van der Waals surface area contributed by atoms with Crippen LogP contribution in [0.4, 0.5) is 0 Å². The summed E-state index contributed by atoms with van der Waals surface area (Å²) < 4.78 is 0.308. The summed E-state index contributed by atoms with van der Waals surface area (Å²) in [4.78, 5) is 12.3. The Labute approximate surface area is 124 Å². The quantitative estimate of drug-likeness (QED) is 0.892. The molecule has 0 saturated heterocycles. The van der Waals surface area contributed by atoms with E-state index >= 15 is 0 Å². The predicted molar refractivity (Wildman–Crippen MR) is 83.9 cm³/mol. The molecule has 0 radical (unpaired) electrons. The van der Waals surface area contributed by atoms with Crippen molar-refractivity contribution in [3.8, 4) is 0 Å². The fourth-order valence-electron chi connectivity index (χ4n) is 3.04. The normalized spacial score (nSPS) is 23.6. The van der Waals surface area contributed by atoms with E-state index in [0.29, 0.717) is 4.75 Å². The number of benzene rings is 1. The lowest BCUT2D eigenvalue weighted by molar-refractivity contribution is -0.123. The molecule has 108 valence electrons. The summed E-state index contributed by atoms with van der Waals surface area (Å²) in [5.74, 6) is 0.153. The van der Waals surface area contributed by atoms with Gasteiger partial charge in [0.1, 0.15) is 0 Å². The molecule has 0 aromatic heterocycles. The maximum atomic E-state index is 12.3. The minimum atomic E-state index is -0.0797. The van der Waals surface area contributed by atoms with Crippen molar-refractivity contribution >= 4 is 17.7 Å². The van der Waals surface area contributed by atoms with Gasteiger partial charge < -0.3 is 10.6 Å². The lowest BCUT2D eigenvalue weighted by atomic mass is 9.84. The zero-order valence-corrected chi connectivity index (χ0v) is 12.8. The predicted octanol–water partition coefficient (Wildman–Crippen LogP) is 2.10. The topological polar surface area (TPSA) is 41.1 Å². The highest BCUT2D eigenvalue weighted by molar-refractivity contribution is 8.00. The fraction of sp³-hybridized carbons (Fsp3) is 0.562. The van der Waals surface area contributed by atoms with Crippen LogP contribution in [0.2, 0.25) is 0 Å². The van der Waals surface area contributed by atoms with Gasteiger partial charge in [-0.1, -0.05) is 30.7 Å². The van der Waals surface area contributed by atoms with E-state index < -0.39 is 0 Å². The minimum absolute atomic E-state index is 0.0797.